The molecule has 0 aliphatic heterocycles. The molecule has 0 bridgehead atoms. The van der Waals surface area contributed by atoms with Crippen molar-refractivity contribution in [2.24, 2.45) is 0 Å². The Morgan fingerprint density at radius 1 is 0.525 bits per heavy atom. The van der Waals surface area contributed by atoms with Crippen molar-refractivity contribution in [3.8, 4) is 57.1 Å². The molecule has 6 aromatic rings. The van der Waals surface area contributed by atoms with E-state index in [1.807, 2.05) is 18.2 Å². The fourth-order valence-electron chi connectivity index (χ4n) is 4.09. The molecule has 200 valence electrons. The number of benzene rings is 4. The molecule has 2 heterocycles. The second-order valence-electron chi connectivity index (χ2n) is 8.62. The smallest absolute Gasteiger partial charge is 0.238 e. The highest BCUT2D eigenvalue weighted by atomic mass is 16.4. The van der Waals surface area contributed by atoms with Gasteiger partial charge in [-0.15, -0.1) is 0 Å². The van der Waals surface area contributed by atoms with E-state index in [2.05, 4.69) is 0 Å². The predicted molar refractivity (Wildman–Crippen MR) is 146 cm³/mol. The number of hydrogen-bond acceptors (Lipinski definition) is 10. The largest absolute Gasteiger partial charge is 0.508 e. The van der Waals surface area contributed by atoms with Gasteiger partial charge in [0, 0.05) is 23.8 Å². The molecule has 6 rings (SSSR count). The average Bonchev–Trinajstić information content (AvgIpc) is 2.93. The summed E-state index contributed by atoms with van der Waals surface area (Å²) >= 11 is 0. The Morgan fingerprint density at radius 2 is 1.15 bits per heavy atom. The SMILES string of the molecule is O=c1c(O)c(-c2ccc(O)cc2O)oc2cc(O)cc(O)c12.O=c1c(O)c(-c2ccccc2)oc2ccccc12. The van der Waals surface area contributed by atoms with Crippen molar-refractivity contribution < 1.29 is 39.5 Å². The molecule has 0 amide bonds. The summed E-state index contributed by atoms with van der Waals surface area (Å²) in [6.07, 6.45) is 0. The lowest BCUT2D eigenvalue weighted by Gasteiger charge is -2.09. The van der Waals surface area contributed by atoms with Crippen LogP contribution in [0.1, 0.15) is 0 Å². The third-order valence-electron chi connectivity index (χ3n) is 5.97. The Labute approximate surface area is 224 Å². The Balaban J connectivity index is 0.000000164. The predicted octanol–water partition coefficient (Wildman–Crippen LogP) is 5.15. The van der Waals surface area contributed by atoms with Crippen LogP contribution in [-0.2, 0) is 0 Å². The summed E-state index contributed by atoms with van der Waals surface area (Å²) in [4.78, 5) is 24.2. The zero-order valence-electron chi connectivity index (χ0n) is 20.4. The van der Waals surface area contributed by atoms with E-state index in [1.165, 1.54) is 12.1 Å². The van der Waals surface area contributed by atoms with Crippen LogP contribution in [0.5, 0.6) is 34.5 Å². The molecular formula is C30H20O10. The number of hydrogen-bond donors (Lipinski definition) is 6. The summed E-state index contributed by atoms with van der Waals surface area (Å²) in [5.74, 6) is -2.80. The average molecular weight is 540 g/mol. The minimum absolute atomic E-state index is 0.0304. The maximum absolute atomic E-state index is 12.2. The number of aromatic hydroxyl groups is 6. The lowest BCUT2D eigenvalue weighted by Crippen LogP contribution is -2.03. The molecule has 0 radical (unpaired) electrons. The number of phenols is 4. The zero-order valence-corrected chi connectivity index (χ0v) is 20.4. The highest BCUT2D eigenvalue weighted by molar-refractivity contribution is 5.88. The minimum Gasteiger partial charge on any atom is -0.508 e. The Bertz CT molecular complexity index is 2010. The van der Waals surface area contributed by atoms with Crippen LogP contribution in [0.15, 0.2) is 103 Å². The summed E-state index contributed by atoms with van der Waals surface area (Å²) in [7, 11) is 0. The third-order valence-corrected chi connectivity index (χ3v) is 5.97. The fraction of sp³-hybridized carbons (Fsp3) is 0. The Hall–Kier alpha value is -5.90. The molecule has 0 fully saturated rings. The molecule has 40 heavy (non-hydrogen) atoms. The molecule has 0 saturated heterocycles. The van der Waals surface area contributed by atoms with Gasteiger partial charge in [0.15, 0.2) is 11.5 Å². The van der Waals surface area contributed by atoms with Crippen LogP contribution in [0.4, 0.5) is 0 Å². The summed E-state index contributed by atoms with van der Waals surface area (Å²) in [5.41, 5.74) is -0.367. The highest BCUT2D eigenvalue weighted by Crippen LogP contribution is 2.39. The molecule has 0 spiro atoms. The number of fused-ring (bicyclic) bond motifs is 2. The maximum Gasteiger partial charge on any atom is 0.238 e. The lowest BCUT2D eigenvalue weighted by molar-refractivity contribution is 0.433. The van der Waals surface area contributed by atoms with Gasteiger partial charge in [-0.3, -0.25) is 9.59 Å². The second-order valence-corrected chi connectivity index (χ2v) is 8.62. The van der Waals surface area contributed by atoms with Gasteiger partial charge in [-0.05, 0) is 24.3 Å². The summed E-state index contributed by atoms with van der Waals surface area (Å²) in [6.45, 7) is 0. The van der Waals surface area contributed by atoms with Crippen LogP contribution in [0.25, 0.3) is 44.6 Å². The first-order valence-corrected chi connectivity index (χ1v) is 11.7. The first kappa shape index (κ1) is 25.7. The van der Waals surface area contributed by atoms with E-state index in [1.54, 1.807) is 36.4 Å². The van der Waals surface area contributed by atoms with Crippen LogP contribution in [0.2, 0.25) is 0 Å². The molecule has 10 heteroatoms. The van der Waals surface area contributed by atoms with E-state index >= 15 is 0 Å². The van der Waals surface area contributed by atoms with Crippen LogP contribution in [-0.4, -0.2) is 30.6 Å². The maximum atomic E-state index is 12.2. The van der Waals surface area contributed by atoms with Crippen LogP contribution in [0, 0.1) is 0 Å². The van der Waals surface area contributed by atoms with Crippen molar-refractivity contribution in [2.45, 2.75) is 0 Å². The van der Waals surface area contributed by atoms with Gasteiger partial charge >= 0.3 is 0 Å². The standard InChI is InChI=1S/C15H10O7.C15H10O3/c16-6-1-2-8(9(18)3-6)15-14(21)13(20)12-10(19)4-7(17)5-11(12)22-15;16-13-11-8-4-5-9-12(11)18-15(14(13)17)10-6-2-1-3-7-10/h1-5,16-19,21H;1-9,17H. The first-order chi connectivity index (χ1) is 19.2. The summed E-state index contributed by atoms with van der Waals surface area (Å²) in [5, 5.41) is 58.2. The molecule has 10 nitrogen and oxygen atoms in total. The van der Waals surface area contributed by atoms with E-state index in [4.69, 9.17) is 8.83 Å². The van der Waals surface area contributed by atoms with Crippen molar-refractivity contribution in [1.82, 2.24) is 0 Å². The molecule has 0 aliphatic rings. The third kappa shape index (κ3) is 4.61. The van der Waals surface area contributed by atoms with Gasteiger partial charge in [0.1, 0.15) is 39.6 Å². The van der Waals surface area contributed by atoms with Crippen molar-refractivity contribution >= 4 is 21.9 Å². The van der Waals surface area contributed by atoms with Crippen molar-refractivity contribution in [1.29, 1.82) is 0 Å². The van der Waals surface area contributed by atoms with E-state index in [0.717, 1.165) is 18.2 Å². The molecule has 6 N–H and O–H groups in total. The number of para-hydroxylation sites is 1. The van der Waals surface area contributed by atoms with Crippen LogP contribution < -0.4 is 10.9 Å². The zero-order chi connectivity index (χ0) is 28.6. The van der Waals surface area contributed by atoms with Gasteiger partial charge in [-0.2, -0.15) is 0 Å². The van der Waals surface area contributed by atoms with Crippen molar-refractivity contribution in [3.05, 3.63) is 105 Å². The summed E-state index contributed by atoms with van der Waals surface area (Å²) in [6, 6.07) is 21.5. The van der Waals surface area contributed by atoms with E-state index < -0.39 is 28.1 Å². The second kappa shape index (κ2) is 10.1. The van der Waals surface area contributed by atoms with Crippen molar-refractivity contribution in [2.75, 3.05) is 0 Å². The minimum atomic E-state index is -0.916. The lowest BCUT2D eigenvalue weighted by atomic mass is 10.1. The van der Waals surface area contributed by atoms with Gasteiger partial charge in [-0.25, -0.2) is 0 Å². The molecule has 4 aromatic carbocycles. The molecular weight excluding hydrogens is 520 g/mol. The van der Waals surface area contributed by atoms with Crippen molar-refractivity contribution in [3.63, 3.8) is 0 Å². The van der Waals surface area contributed by atoms with E-state index in [0.29, 0.717) is 16.5 Å². The number of rotatable bonds is 2. The summed E-state index contributed by atoms with van der Waals surface area (Å²) < 4.78 is 10.9. The Morgan fingerprint density at radius 3 is 1.88 bits per heavy atom. The number of phenolic OH excluding ortho intramolecular Hbond substituents is 4. The monoisotopic (exact) mass is 540 g/mol. The molecule has 0 atom stereocenters. The highest BCUT2D eigenvalue weighted by Gasteiger charge is 2.21. The van der Waals surface area contributed by atoms with Gasteiger partial charge < -0.3 is 39.5 Å². The molecule has 2 aromatic heterocycles. The molecule has 0 unspecified atom stereocenters. The normalized spacial score (nSPS) is 10.8. The molecule has 0 saturated carbocycles. The Kier molecular flexibility index (Phi) is 6.50. The fourth-order valence-corrected chi connectivity index (χ4v) is 4.09. The van der Waals surface area contributed by atoms with E-state index in [9.17, 15) is 40.2 Å². The van der Waals surface area contributed by atoms with Gasteiger partial charge in [0.25, 0.3) is 0 Å². The van der Waals surface area contributed by atoms with E-state index in [-0.39, 0.29) is 45.3 Å². The molecule has 0 aliphatic carbocycles. The van der Waals surface area contributed by atoms with Gasteiger partial charge in [-0.1, -0.05) is 42.5 Å². The quantitative estimate of drug-likeness (QED) is 0.172. The van der Waals surface area contributed by atoms with Gasteiger partial charge in [0.05, 0.1) is 10.9 Å². The first-order valence-electron chi connectivity index (χ1n) is 11.7. The van der Waals surface area contributed by atoms with Crippen LogP contribution in [0.3, 0.4) is 0 Å². The van der Waals surface area contributed by atoms with Gasteiger partial charge in [0.2, 0.25) is 22.4 Å². The van der Waals surface area contributed by atoms with Crippen LogP contribution >= 0.6 is 0 Å². The topological polar surface area (TPSA) is 182 Å².